The third-order valence-electron chi connectivity index (χ3n) is 4.10. The van der Waals surface area contributed by atoms with Gasteiger partial charge in [0.1, 0.15) is 5.75 Å². The first kappa shape index (κ1) is 19.7. The molecule has 1 aromatic heterocycles. The van der Waals surface area contributed by atoms with E-state index in [0.717, 1.165) is 18.3 Å². The van der Waals surface area contributed by atoms with Crippen LogP contribution in [0.4, 0.5) is 26.3 Å². The maximum absolute atomic E-state index is 13.3. The van der Waals surface area contributed by atoms with Crippen LogP contribution in [0.3, 0.4) is 0 Å². The number of hydrogen-bond acceptors (Lipinski definition) is 2. The Labute approximate surface area is 156 Å². The summed E-state index contributed by atoms with van der Waals surface area (Å²) >= 11 is 0. The first-order valence-electron chi connectivity index (χ1n) is 7.99. The number of fused-ring (bicyclic) bond motifs is 1. The zero-order chi connectivity index (χ0) is 20.5. The summed E-state index contributed by atoms with van der Waals surface area (Å²) in [6.45, 7) is 0. The van der Waals surface area contributed by atoms with Gasteiger partial charge in [0.2, 0.25) is 0 Å². The lowest BCUT2D eigenvalue weighted by Crippen LogP contribution is -2.07. The molecular formula is C20H13F6NO. The van der Waals surface area contributed by atoms with E-state index in [1.807, 2.05) is 0 Å². The van der Waals surface area contributed by atoms with Crippen LogP contribution in [0.25, 0.3) is 22.9 Å². The number of methoxy groups -OCH3 is 1. The van der Waals surface area contributed by atoms with Gasteiger partial charge in [-0.2, -0.15) is 26.3 Å². The predicted molar refractivity (Wildman–Crippen MR) is 93.7 cm³/mol. The standard InChI is InChI=1S/C20H13F6NO/c1-28-14-7-8-15-16(10-14)17(20(24,25)26)11-27-18(15)9-4-12-2-5-13(6-3-12)19(21,22)23/h2-11H,1H3. The Morgan fingerprint density at radius 3 is 2.07 bits per heavy atom. The fourth-order valence-corrected chi connectivity index (χ4v) is 2.69. The van der Waals surface area contributed by atoms with Crippen molar-refractivity contribution in [2.24, 2.45) is 0 Å². The van der Waals surface area contributed by atoms with Gasteiger partial charge in [0.05, 0.1) is 23.9 Å². The Bertz CT molecular complexity index is 1020. The molecular weight excluding hydrogens is 384 g/mol. The molecule has 0 atom stereocenters. The lowest BCUT2D eigenvalue weighted by atomic mass is 10.0. The Morgan fingerprint density at radius 1 is 0.821 bits per heavy atom. The van der Waals surface area contributed by atoms with Crippen molar-refractivity contribution >= 4 is 22.9 Å². The second-order valence-electron chi connectivity index (χ2n) is 5.92. The van der Waals surface area contributed by atoms with E-state index in [0.29, 0.717) is 5.56 Å². The van der Waals surface area contributed by atoms with Gasteiger partial charge in [0.25, 0.3) is 0 Å². The molecule has 3 rings (SSSR count). The summed E-state index contributed by atoms with van der Waals surface area (Å²) in [7, 11) is 1.35. The highest BCUT2D eigenvalue weighted by atomic mass is 19.4. The molecule has 2 nitrogen and oxygen atoms in total. The molecule has 0 amide bonds. The minimum Gasteiger partial charge on any atom is -0.497 e. The number of aromatic nitrogens is 1. The van der Waals surface area contributed by atoms with Crippen molar-refractivity contribution in [3.8, 4) is 5.75 Å². The number of benzene rings is 2. The number of pyridine rings is 1. The highest BCUT2D eigenvalue weighted by Gasteiger charge is 2.33. The molecule has 0 aliphatic heterocycles. The molecule has 0 radical (unpaired) electrons. The Hall–Kier alpha value is -3.03. The lowest BCUT2D eigenvalue weighted by Gasteiger charge is -2.12. The predicted octanol–water partition coefficient (Wildman–Crippen LogP) is 6.45. The van der Waals surface area contributed by atoms with Crippen molar-refractivity contribution in [2.45, 2.75) is 12.4 Å². The average Bonchev–Trinajstić information content (AvgIpc) is 2.64. The summed E-state index contributed by atoms with van der Waals surface area (Å²) in [5.74, 6) is 0.266. The third-order valence-corrected chi connectivity index (χ3v) is 4.10. The third kappa shape index (κ3) is 4.11. The molecule has 146 valence electrons. The van der Waals surface area contributed by atoms with Crippen LogP contribution in [0.1, 0.15) is 22.4 Å². The van der Waals surface area contributed by atoms with Crippen molar-refractivity contribution in [3.05, 3.63) is 71.0 Å². The zero-order valence-corrected chi connectivity index (χ0v) is 14.4. The summed E-state index contributed by atoms with van der Waals surface area (Å²) in [6, 6.07) is 8.66. The van der Waals surface area contributed by atoms with Gasteiger partial charge in [-0.05, 0) is 42.0 Å². The normalized spacial score (nSPS) is 12.7. The Balaban J connectivity index is 2.03. The maximum Gasteiger partial charge on any atom is 0.418 e. The molecule has 0 fully saturated rings. The molecule has 0 saturated heterocycles. The largest absolute Gasteiger partial charge is 0.497 e. The van der Waals surface area contributed by atoms with E-state index in [9.17, 15) is 26.3 Å². The van der Waals surface area contributed by atoms with Gasteiger partial charge in [-0.3, -0.25) is 4.98 Å². The minimum absolute atomic E-state index is 0.0751. The van der Waals surface area contributed by atoms with E-state index in [4.69, 9.17) is 4.74 Å². The number of alkyl halides is 6. The van der Waals surface area contributed by atoms with Crippen LogP contribution in [-0.2, 0) is 12.4 Å². The second-order valence-corrected chi connectivity index (χ2v) is 5.92. The second kappa shape index (κ2) is 7.18. The monoisotopic (exact) mass is 397 g/mol. The highest BCUT2D eigenvalue weighted by molar-refractivity contribution is 5.94. The van der Waals surface area contributed by atoms with Crippen molar-refractivity contribution in [3.63, 3.8) is 0 Å². The lowest BCUT2D eigenvalue weighted by molar-refractivity contribution is -0.138. The van der Waals surface area contributed by atoms with Crippen LogP contribution in [0.15, 0.2) is 48.7 Å². The van der Waals surface area contributed by atoms with E-state index in [1.54, 1.807) is 0 Å². The van der Waals surface area contributed by atoms with E-state index in [-0.39, 0.29) is 22.2 Å². The maximum atomic E-state index is 13.3. The summed E-state index contributed by atoms with van der Waals surface area (Å²) in [4.78, 5) is 3.87. The zero-order valence-electron chi connectivity index (χ0n) is 14.4. The van der Waals surface area contributed by atoms with E-state index >= 15 is 0 Å². The van der Waals surface area contributed by atoms with Gasteiger partial charge in [-0.15, -0.1) is 0 Å². The van der Waals surface area contributed by atoms with Crippen molar-refractivity contribution in [2.75, 3.05) is 7.11 Å². The number of nitrogens with zero attached hydrogens (tertiary/aromatic N) is 1. The van der Waals surface area contributed by atoms with Crippen LogP contribution in [0.5, 0.6) is 5.75 Å². The summed E-state index contributed by atoms with van der Waals surface area (Å²) in [6.07, 6.45) is -5.36. The van der Waals surface area contributed by atoms with Crippen molar-refractivity contribution in [1.29, 1.82) is 0 Å². The van der Waals surface area contributed by atoms with Gasteiger partial charge in [0, 0.05) is 17.0 Å². The van der Waals surface area contributed by atoms with E-state index in [2.05, 4.69) is 4.98 Å². The minimum atomic E-state index is -4.59. The van der Waals surface area contributed by atoms with Gasteiger partial charge >= 0.3 is 12.4 Å². The van der Waals surface area contributed by atoms with E-state index < -0.39 is 23.5 Å². The van der Waals surface area contributed by atoms with E-state index in [1.165, 1.54) is 49.6 Å². The van der Waals surface area contributed by atoms with Crippen LogP contribution in [-0.4, -0.2) is 12.1 Å². The quantitative estimate of drug-likeness (QED) is 0.474. The molecule has 0 unspecified atom stereocenters. The van der Waals surface area contributed by atoms with Crippen LogP contribution in [0.2, 0.25) is 0 Å². The Kier molecular flexibility index (Phi) is 5.06. The first-order chi connectivity index (χ1) is 13.1. The molecule has 1 heterocycles. The molecule has 28 heavy (non-hydrogen) atoms. The summed E-state index contributed by atoms with van der Waals surface area (Å²) in [5, 5.41) is 0.174. The molecule has 0 N–H and O–H groups in total. The van der Waals surface area contributed by atoms with Crippen molar-refractivity contribution in [1.82, 2.24) is 4.98 Å². The highest BCUT2D eigenvalue weighted by Crippen LogP contribution is 2.37. The molecule has 0 saturated carbocycles. The molecule has 8 heteroatoms. The number of halogens is 6. The topological polar surface area (TPSA) is 22.1 Å². The van der Waals surface area contributed by atoms with Crippen LogP contribution < -0.4 is 4.74 Å². The fourth-order valence-electron chi connectivity index (χ4n) is 2.69. The first-order valence-corrected chi connectivity index (χ1v) is 7.99. The summed E-state index contributed by atoms with van der Waals surface area (Å²) < 4.78 is 82.7. The number of ether oxygens (including phenoxy) is 1. The Morgan fingerprint density at radius 2 is 1.50 bits per heavy atom. The SMILES string of the molecule is COc1ccc2c(C=Cc3ccc(C(F)(F)F)cc3)ncc(C(F)(F)F)c2c1. The summed E-state index contributed by atoms with van der Waals surface area (Å²) in [5.41, 5.74) is -0.968. The molecule has 0 bridgehead atoms. The smallest absolute Gasteiger partial charge is 0.418 e. The van der Waals surface area contributed by atoms with Crippen LogP contribution in [0, 0.1) is 0 Å². The number of rotatable bonds is 3. The van der Waals surface area contributed by atoms with Crippen molar-refractivity contribution < 1.29 is 31.1 Å². The molecule has 2 aromatic carbocycles. The van der Waals surface area contributed by atoms with Gasteiger partial charge in [-0.25, -0.2) is 0 Å². The molecule has 0 spiro atoms. The van der Waals surface area contributed by atoms with Gasteiger partial charge in [0.15, 0.2) is 0 Å². The molecule has 0 aliphatic rings. The van der Waals surface area contributed by atoms with Crippen LogP contribution >= 0.6 is 0 Å². The number of hydrogen-bond donors (Lipinski definition) is 0. The average molecular weight is 397 g/mol. The fraction of sp³-hybridized carbons (Fsp3) is 0.150. The molecule has 0 aliphatic carbocycles. The van der Waals surface area contributed by atoms with Gasteiger partial charge < -0.3 is 4.74 Å². The molecule has 3 aromatic rings. The van der Waals surface area contributed by atoms with Gasteiger partial charge in [-0.1, -0.05) is 18.2 Å².